The monoisotopic (exact) mass is 296 g/mol. The van der Waals surface area contributed by atoms with E-state index in [-0.39, 0.29) is 12.1 Å². The van der Waals surface area contributed by atoms with Crippen LogP contribution in [-0.4, -0.2) is 40.6 Å². The maximum absolute atomic E-state index is 12.5. The fraction of sp³-hybridized carbons (Fsp3) is 0.875. The van der Waals surface area contributed by atoms with Gasteiger partial charge in [-0.1, -0.05) is 20.8 Å². The van der Waals surface area contributed by atoms with Crippen LogP contribution in [-0.2, 0) is 4.79 Å². The Morgan fingerprint density at radius 3 is 2.19 bits per heavy atom. The van der Waals surface area contributed by atoms with Gasteiger partial charge in [-0.15, -0.1) is 0 Å². The van der Waals surface area contributed by atoms with E-state index in [9.17, 15) is 14.7 Å². The first-order valence-corrected chi connectivity index (χ1v) is 8.16. The summed E-state index contributed by atoms with van der Waals surface area (Å²) >= 11 is 0. The van der Waals surface area contributed by atoms with Crippen LogP contribution in [0.25, 0.3) is 0 Å². The highest BCUT2D eigenvalue weighted by Crippen LogP contribution is 2.29. The topological polar surface area (TPSA) is 69.6 Å². The Morgan fingerprint density at radius 1 is 1.00 bits per heavy atom. The molecule has 21 heavy (non-hydrogen) atoms. The van der Waals surface area contributed by atoms with Crippen LogP contribution in [0.3, 0.4) is 0 Å². The molecule has 0 aromatic heterocycles. The quantitative estimate of drug-likeness (QED) is 0.823. The summed E-state index contributed by atoms with van der Waals surface area (Å²) < 4.78 is 0. The van der Waals surface area contributed by atoms with Crippen LogP contribution in [0.15, 0.2) is 0 Å². The third kappa shape index (κ3) is 4.11. The molecule has 1 saturated heterocycles. The molecule has 2 N–H and O–H groups in total. The number of nitrogens with one attached hydrogen (secondary N) is 1. The first-order chi connectivity index (χ1) is 9.86. The number of likely N-dealkylation sites (tertiary alicyclic amines) is 1. The number of piperidine rings is 1. The number of aliphatic carboxylic acids is 1. The standard InChI is InChI=1S/C16H28N2O3/c1-10-4-5-18(14(9-10)15(19)20)16(21)17-13-7-11(2)6-12(3)8-13/h10-14H,4-9H2,1-3H3,(H,17,21)(H,19,20). The fourth-order valence-corrected chi connectivity index (χ4v) is 3.94. The van der Waals surface area contributed by atoms with Gasteiger partial charge in [0, 0.05) is 12.6 Å². The highest BCUT2D eigenvalue weighted by molar-refractivity contribution is 5.83. The van der Waals surface area contributed by atoms with Gasteiger partial charge in [-0.25, -0.2) is 9.59 Å². The molecule has 1 heterocycles. The number of carboxylic acid groups (broad SMARTS) is 1. The van der Waals surface area contributed by atoms with E-state index in [2.05, 4.69) is 26.1 Å². The summed E-state index contributed by atoms with van der Waals surface area (Å²) in [5, 5.41) is 12.4. The lowest BCUT2D eigenvalue weighted by Crippen LogP contribution is -2.55. The third-order valence-electron chi connectivity index (χ3n) is 4.92. The highest BCUT2D eigenvalue weighted by Gasteiger charge is 2.36. The van der Waals surface area contributed by atoms with Crippen molar-refractivity contribution in [2.45, 2.75) is 65.0 Å². The molecule has 4 unspecified atom stereocenters. The van der Waals surface area contributed by atoms with Crippen LogP contribution in [0.2, 0.25) is 0 Å². The van der Waals surface area contributed by atoms with Gasteiger partial charge in [0.05, 0.1) is 0 Å². The fourth-order valence-electron chi connectivity index (χ4n) is 3.94. The molecule has 5 nitrogen and oxygen atoms in total. The molecular weight excluding hydrogens is 268 g/mol. The lowest BCUT2D eigenvalue weighted by molar-refractivity contribution is -0.143. The van der Waals surface area contributed by atoms with E-state index in [0.29, 0.717) is 30.7 Å². The molecule has 1 aliphatic carbocycles. The molecule has 0 bridgehead atoms. The third-order valence-corrected chi connectivity index (χ3v) is 4.92. The van der Waals surface area contributed by atoms with Gasteiger partial charge in [-0.3, -0.25) is 0 Å². The van der Waals surface area contributed by atoms with Gasteiger partial charge in [0.15, 0.2) is 0 Å². The first-order valence-electron chi connectivity index (χ1n) is 8.16. The van der Waals surface area contributed by atoms with Gasteiger partial charge in [0.25, 0.3) is 0 Å². The van der Waals surface area contributed by atoms with Crippen molar-refractivity contribution in [3.8, 4) is 0 Å². The minimum atomic E-state index is -0.887. The lowest BCUT2D eigenvalue weighted by atomic mass is 9.80. The van der Waals surface area contributed by atoms with Crippen molar-refractivity contribution in [2.75, 3.05) is 6.54 Å². The van der Waals surface area contributed by atoms with E-state index < -0.39 is 12.0 Å². The lowest BCUT2D eigenvalue weighted by Gasteiger charge is -2.38. The molecular formula is C16H28N2O3. The number of amides is 2. The molecule has 120 valence electrons. The largest absolute Gasteiger partial charge is 0.480 e. The van der Waals surface area contributed by atoms with Crippen molar-refractivity contribution in [1.82, 2.24) is 10.2 Å². The summed E-state index contributed by atoms with van der Waals surface area (Å²) in [6.45, 7) is 7.03. The molecule has 0 aromatic rings. The number of carboxylic acids is 1. The molecule has 2 amide bonds. The molecule has 2 fully saturated rings. The second kappa shape index (κ2) is 6.67. The van der Waals surface area contributed by atoms with Crippen molar-refractivity contribution in [3.05, 3.63) is 0 Å². The molecule has 0 spiro atoms. The summed E-state index contributed by atoms with van der Waals surface area (Å²) in [6.07, 6.45) is 4.65. The Balaban J connectivity index is 1.96. The zero-order valence-electron chi connectivity index (χ0n) is 13.3. The van der Waals surface area contributed by atoms with Crippen molar-refractivity contribution in [2.24, 2.45) is 17.8 Å². The minimum Gasteiger partial charge on any atom is -0.480 e. The van der Waals surface area contributed by atoms with Crippen LogP contribution in [0, 0.1) is 17.8 Å². The van der Waals surface area contributed by atoms with Crippen molar-refractivity contribution in [3.63, 3.8) is 0 Å². The molecule has 1 saturated carbocycles. The van der Waals surface area contributed by atoms with Gasteiger partial charge >= 0.3 is 12.0 Å². The summed E-state index contributed by atoms with van der Waals surface area (Å²) in [4.78, 5) is 25.4. The Labute approximate surface area is 127 Å². The Kier molecular flexibility index (Phi) is 5.12. The molecule has 4 atom stereocenters. The van der Waals surface area contributed by atoms with E-state index in [0.717, 1.165) is 19.3 Å². The van der Waals surface area contributed by atoms with Gasteiger partial charge in [0.2, 0.25) is 0 Å². The number of rotatable bonds is 2. The van der Waals surface area contributed by atoms with Gasteiger partial charge in [0.1, 0.15) is 6.04 Å². The molecule has 1 aliphatic heterocycles. The molecule has 2 aliphatic rings. The molecule has 0 radical (unpaired) electrons. The molecule has 2 rings (SSSR count). The van der Waals surface area contributed by atoms with Gasteiger partial charge in [-0.2, -0.15) is 0 Å². The number of nitrogens with zero attached hydrogens (tertiary/aromatic N) is 1. The van der Waals surface area contributed by atoms with E-state index in [1.165, 1.54) is 11.3 Å². The Bertz CT molecular complexity index is 389. The Hall–Kier alpha value is -1.26. The van der Waals surface area contributed by atoms with E-state index in [1.807, 2.05) is 0 Å². The predicted octanol–water partition coefficient (Wildman–Crippen LogP) is 2.71. The van der Waals surface area contributed by atoms with E-state index in [4.69, 9.17) is 0 Å². The van der Waals surface area contributed by atoms with Crippen LogP contribution in [0.1, 0.15) is 52.9 Å². The van der Waals surface area contributed by atoms with Crippen molar-refractivity contribution >= 4 is 12.0 Å². The van der Waals surface area contributed by atoms with Crippen LogP contribution >= 0.6 is 0 Å². The summed E-state index contributed by atoms with van der Waals surface area (Å²) in [5.74, 6) is 0.721. The second-order valence-electron chi connectivity index (χ2n) is 7.24. The van der Waals surface area contributed by atoms with E-state index in [1.54, 1.807) is 0 Å². The second-order valence-corrected chi connectivity index (χ2v) is 7.24. The molecule has 0 aromatic carbocycles. The van der Waals surface area contributed by atoms with Crippen molar-refractivity contribution in [1.29, 1.82) is 0 Å². The SMILES string of the molecule is CC1CC(C)CC(NC(=O)N2CCC(C)CC2C(=O)O)C1. The number of hydrogen-bond acceptors (Lipinski definition) is 2. The van der Waals surface area contributed by atoms with Crippen molar-refractivity contribution < 1.29 is 14.7 Å². The maximum atomic E-state index is 12.5. The van der Waals surface area contributed by atoms with Gasteiger partial charge in [-0.05, 0) is 49.9 Å². The highest BCUT2D eigenvalue weighted by atomic mass is 16.4. The number of hydrogen-bond donors (Lipinski definition) is 2. The summed E-state index contributed by atoms with van der Waals surface area (Å²) in [7, 11) is 0. The average molecular weight is 296 g/mol. The zero-order chi connectivity index (χ0) is 15.6. The zero-order valence-corrected chi connectivity index (χ0v) is 13.3. The maximum Gasteiger partial charge on any atom is 0.326 e. The van der Waals surface area contributed by atoms with E-state index >= 15 is 0 Å². The summed E-state index contributed by atoms with van der Waals surface area (Å²) in [5.41, 5.74) is 0. The average Bonchev–Trinajstić information content (AvgIpc) is 2.36. The smallest absolute Gasteiger partial charge is 0.326 e. The number of urea groups is 1. The van der Waals surface area contributed by atoms with Crippen LogP contribution in [0.4, 0.5) is 4.79 Å². The minimum absolute atomic E-state index is 0.185. The number of carbonyl (C=O) groups is 2. The Morgan fingerprint density at radius 2 is 1.62 bits per heavy atom. The van der Waals surface area contributed by atoms with Crippen LogP contribution < -0.4 is 5.32 Å². The van der Waals surface area contributed by atoms with Crippen LogP contribution in [0.5, 0.6) is 0 Å². The number of carbonyl (C=O) groups excluding carboxylic acids is 1. The molecule has 5 heteroatoms. The predicted molar refractivity (Wildman–Crippen MR) is 81.0 cm³/mol. The summed E-state index contributed by atoms with van der Waals surface area (Å²) in [6, 6.07) is -0.683. The van der Waals surface area contributed by atoms with Gasteiger partial charge < -0.3 is 15.3 Å². The first kappa shape index (κ1) is 16.1. The normalized spacial score (nSPS) is 37.1.